The second-order valence-corrected chi connectivity index (χ2v) is 5.09. The van der Waals surface area contributed by atoms with Crippen molar-refractivity contribution in [2.24, 2.45) is 11.8 Å². The van der Waals surface area contributed by atoms with E-state index in [1.807, 2.05) is 0 Å². The number of nitrogens with one attached hydrogen (secondary N) is 1. The van der Waals surface area contributed by atoms with Gasteiger partial charge >= 0.3 is 0 Å². The summed E-state index contributed by atoms with van der Waals surface area (Å²) in [6.45, 7) is 4.51. The fourth-order valence-corrected chi connectivity index (χ4v) is 2.53. The van der Waals surface area contributed by atoms with Gasteiger partial charge in [0.15, 0.2) is 0 Å². The molecule has 2 rings (SSSR count). The highest BCUT2D eigenvalue weighted by Gasteiger charge is 2.28. The lowest BCUT2D eigenvalue weighted by atomic mass is 9.78. The van der Waals surface area contributed by atoms with Gasteiger partial charge in [-0.25, -0.2) is 0 Å². The third-order valence-corrected chi connectivity index (χ3v) is 3.95. The van der Waals surface area contributed by atoms with Crippen LogP contribution in [0.1, 0.15) is 43.5 Å². The highest BCUT2D eigenvalue weighted by atomic mass is 16.1. The van der Waals surface area contributed by atoms with Gasteiger partial charge in [0.2, 0.25) is 0 Å². The van der Waals surface area contributed by atoms with Gasteiger partial charge in [0.25, 0.3) is 5.91 Å². The maximum atomic E-state index is 12.0. The summed E-state index contributed by atoms with van der Waals surface area (Å²) in [5, 5.41) is 3.14. The molecule has 1 aromatic rings. The Balaban J connectivity index is 1.99. The molecule has 1 heterocycles. The largest absolute Gasteiger partial charge is 0.349 e. The Kier molecular flexibility index (Phi) is 3.77. The van der Waals surface area contributed by atoms with Crippen LogP contribution in [-0.2, 0) is 0 Å². The molecular formula is C14H20N2O. The van der Waals surface area contributed by atoms with Crippen molar-refractivity contribution >= 4 is 5.91 Å². The highest BCUT2D eigenvalue weighted by Crippen LogP contribution is 2.29. The molecule has 1 amide bonds. The molecule has 3 heteroatoms. The molecule has 0 unspecified atom stereocenters. The number of nitrogens with zero attached hydrogens (tertiary/aromatic N) is 1. The number of rotatable bonds is 2. The van der Waals surface area contributed by atoms with Crippen molar-refractivity contribution in [2.45, 2.75) is 39.2 Å². The van der Waals surface area contributed by atoms with Gasteiger partial charge in [0, 0.05) is 18.4 Å². The minimum atomic E-state index is 0.00375. The molecule has 1 fully saturated rings. The van der Waals surface area contributed by atoms with Gasteiger partial charge < -0.3 is 5.32 Å². The van der Waals surface area contributed by atoms with Crippen molar-refractivity contribution < 1.29 is 4.79 Å². The maximum Gasteiger partial charge on any atom is 0.253 e. The van der Waals surface area contributed by atoms with E-state index in [0.29, 0.717) is 23.4 Å². The van der Waals surface area contributed by atoms with E-state index in [1.54, 1.807) is 24.5 Å². The normalized spacial score (nSPS) is 28.7. The van der Waals surface area contributed by atoms with Gasteiger partial charge in [0.1, 0.15) is 0 Å². The van der Waals surface area contributed by atoms with Gasteiger partial charge in [-0.15, -0.1) is 0 Å². The van der Waals surface area contributed by atoms with Crippen molar-refractivity contribution in [3.8, 4) is 0 Å². The van der Waals surface area contributed by atoms with Gasteiger partial charge in [0.05, 0.1) is 5.56 Å². The first-order valence-corrected chi connectivity index (χ1v) is 6.39. The zero-order valence-corrected chi connectivity index (χ0v) is 10.5. The minimum absolute atomic E-state index is 0.00375. The SMILES string of the molecule is C[C@H]1[C@H](C)CCC[C@@H]1NC(=O)c1cccnc1. The van der Waals surface area contributed by atoms with E-state index >= 15 is 0 Å². The van der Waals surface area contributed by atoms with Crippen LogP contribution in [0.3, 0.4) is 0 Å². The van der Waals surface area contributed by atoms with Crippen LogP contribution in [0.2, 0.25) is 0 Å². The number of amides is 1. The van der Waals surface area contributed by atoms with E-state index in [1.165, 1.54) is 12.8 Å². The van der Waals surface area contributed by atoms with Crippen LogP contribution in [0, 0.1) is 11.8 Å². The topological polar surface area (TPSA) is 42.0 Å². The first kappa shape index (κ1) is 12.1. The molecule has 0 spiro atoms. The lowest BCUT2D eigenvalue weighted by Gasteiger charge is -2.34. The third-order valence-electron chi connectivity index (χ3n) is 3.95. The highest BCUT2D eigenvalue weighted by molar-refractivity contribution is 5.94. The Hall–Kier alpha value is -1.38. The van der Waals surface area contributed by atoms with E-state index in [4.69, 9.17) is 0 Å². The molecule has 1 saturated carbocycles. The Bertz CT molecular complexity index is 377. The molecule has 0 saturated heterocycles. The standard InChI is InChI=1S/C14H20N2O/c1-10-5-3-7-13(11(10)2)16-14(17)12-6-4-8-15-9-12/h4,6,8-11,13H,3,5,7H2,1-2H3,(H,16,17)/t10-,11+,13+/m1/s1. The first-order chi connectivity index (χ1) is 8.18. The molecule has 0 aliphatic heterocycles. The van der Waals surface area contributed by atoms with Crippen LogP contribution in [0.25, 0.3) is 0 Å². The molecule has 1 N–H and O–H groups in total. The van der Waals surface area contributed by atoms with Crippen LogP contribution >= 0.6 is 0 Å². The zero-order chi connectivity index (χ0) is 12.3. The molecule has 3 nitrogen and oxygen atoms in total. The van der Waals surface area contributed by atoms with Crippen LogP contribution in [0.15, 0.2) is 24.5 Å². The predicted octanol–water partition coefficient (Wildman–Crippen LogP) is 2.64. The van der Waals surface area contributed by atoms with Gasteiger partial charge in [-0.2, -0.15) is 0 Å². The molecule has 0 aromatic carbocycles. The van der Waals surface area contributed by atoms with Gasteiger partial charge in [-0.1, -0.05) is 26.7 Å². The smallest absolute Gasteiger partial charge is 0.253 e. The van der Waals surface area contributed by atoms with Gasteiger partial charge in [-0.3, -0.25) is 9.78 Å². The fraction of sp³-hybridized carbons (Fsp3) is 0.571. The zero-order valence-electron chi connectivity index (χ0n) is 10.5. The van der Waals surface area contributed by atoms with Crippen molar-refractivity contribution in [1.29, 1.82) is 0 Å². The molecular weight excluding hydrogens is 212 g/mol. The first-order valence-electron chi connectivity index (χ1n) is 6.39. The number of pyridine rings is 1. The Morgan fingerprint density at radius 2 is 2.24 bits per heavy atom. The minimum Gasteiger partial charge on any atom is -0.349 e. The van der Waals surface area contributed by atoms with E-state index < -0.39 is 0 Å². The average molecular weight is 232 g/mol. The van der Waals surface area contributed by atoms with Crippen LogP contribution < -0.4 is 5.32 Å². The van der Waals surface area contributed by atoms with Gasteiger partial charge in [-0.05, 0) is 30.4 Å². The quantitative estimate of drug-likeness (QED) is 0.851. The predicted molar refractivity (Wildman–Crippen MR) is 67.7 cm³/mol. The lowest BCUT2D eigenvalue weighted by Crippen LogP contribution is -2.43. The van der Waals surface area contributed by atoms with Crippen LogP contribution in [0.4, 0.5) is 0 Å². The number of carbonyl (C=O) groups excluding carboxylic acids is 1. The lowest BCUT2D eigenvalue weighted by molar-refractivity contribution is 0.0890. The molecule has 1 aliphatic rings. The van der Waals surface area contributed by atoms with Crippen molar-refractivity contribution in [3.05, 3.63) is 30.1 Å². The fourth-order valence-electron chi connectivity index (χ4n) is 2.53. The van der Waals surface area contributed by atoms with Crippen LogP contribution in [-0.4, -0.2) is 16.9 Å². The summed E-state index contributed by atoms with van der Waals surface area (Å²) in [6, 6.07) is 3.91. The summed E-state index contributed by atoms with van der Waals surface area (Å²) in [5.41, 5.74) is 0.651. The van der Waals surface area contributed by atoms with E-state index in [-0.39, 0.29) is 5.91 Å². The van der Waals surface area contributed by atoms with E-state index in [0.717, 1.165) is 6.42 Å². The monoisotopic (exact) mass is 232 g/mol. The average Bonchev–Trinajstić information content (AvgIpc) is 2.36. The summed E-state index contributed by atoms with van der Waals surface area (Å²) in [6.07, 6.45) is 6.88. The molecule has 1 aromatic heterocycles. The Morgan fingerprint density at radius 1 is 1.41 bits per heavy atom. The number of carbonyl (C=O) groups is 1. The second kappa shape index (κ2) is 5.30. The number of aromatic nitrogens is 1. The summed E-state index contributed by atoms with van der Waals surface area (Å²) in [7, 11) is 0. The molecule has 0 radical (unpaired) electrons. The van der Waals surface area contributed by atoms with E-state index in [9.17, 15) is 4.79 Å². The maximum absolute atomic E-state index is 12.0. The molecule has 17 heavy (non-hydrogen) atoms. The summed E-state index contributed by atoms with van der Waals surface area (Å²) < 4.78 is 0. The third kappa shape index (κ3) is 2.84. The Labute approximate surface area is 103 Å². The summed E-state index contributed by atoms with van der Waals surface area (Å²) in [4.78, 5) is 16.0. The van der Waals surface area contributed by atoms with Crippen molar-refractivity contribution in [3.63, 3.8) is 0 Å². The van der Waals surface area contributed by atoms with E-state index in [2.05, 4.69) is 24.1 Å². The van der Waals surface area contributed by atoms with Crippen molar-refractivity contribution in [1.82, 2.24) is 10.3 Å². The second-order valence-electron chi connectivity index (χ2n) is 5.09. The molecule has 3 atom stereocenters. The van der Waals surface area contributed by atoms with Crippen LogP contribution in [0.5, 0.6) is 0 Å². The molecule has 92 valence electrons. The number of hydrogen-bond donors (Lipinski definition) is 1. The summed E-state index contributed by atoms with van der Waals surface area (Å²) >= 11 is 0. The van der Waals surface area contributed by atoms with Crippen molar-refractivity contribution in [2.75, 3.05) is 0 Å². The molecule has 0 bridgehead atoms. The molecule has 1 aliphatic carbocycles. The summed E-state index contributed by atoms with van der Waals surface area (Å²) in [5.74, 6) is 1.26. The Morgan fingerprint density at radius 3 is 2.94 bits per heavy atom. The number of hydrogen-bond acceptors (Lipinski definition) is 2.